The zero-order valence-corrected chi connectivity index (χ0v) is 22.6. The molecule has 0 saturated carbocycles. The Hall–Kier alpha value is -3.16. The van der Waals surface area contributed by atoms with Crippen molar-refractivity contribution in [2.45, 2.75) is 56.6 Å². The van der Waals surface area contributed by atoms with Crippen LogP contribution in [0.5, 0.6) is 0 Å². The monoisotopic (exact) mass is 552 g/mol. The van der Waals surface area contributed by atoms with Crippen molar-refractivity contribution in [3.05, 3.63) is 48.2 Å². The lowest BCUT2D eigenvalue weighted by Crippen LogP contribution is -2.44. The van der Waals surface area contributed by atoms with Gasteiger partial charge in [-0.1, -0.05) is 13.8 Å². The van der Waals surface area contributed by atoms with Gasteiger partial charge in [0.1, 0.15) is 11.4 Å². The number of carbonyl (C=O) groups excluding carboxylic acids is 3. The van der Waals surface area contributed by atoms with Crippen molar-refractivity contribution in [1.29, 1.82) is 0 Å². The Morgan fingerprint density at radius 1 is 1.16 bits per heavy atom. The van der Waals surface area contributed by atoms with Crippen molar-refractivity contribution in [1.82, 2.24) is 15.3 Å². The number of hydrogen-bond donors (Lipinski definition) is 2. The molecule has 0 aliphatic carbocycles. The summed E-state index contributed by atoms with van der Waals surface area (Å²) in [6.07, 6.45) is 1.68. The molecule has 2 aromatic rings. The topological polar surface area (TPSA) is 112 Å². The first kappa shape index (κ1) is 29.4. The molecular formula is C25H31F3N6O3S. The zero-order valence-electron chi connectivity index (χ0n) is 21.8. The number of hydrazine groups is 1. The molecule has 206 valence electrons. The Kier molecular flexibility index (Phi) is 8.44. The van der Waals surface area contributed by atoms with Crippen LogP contribution in [0.1, 0.15) is 39.7 Å². The normalized spacial score (nSPS) is 15.8. The molecule has 3 rings (SSSR count). The maximum atomic E-state index is 13.4. The van der Waals surface area contributed by atoms with Gasteiger partial charge in [-0.25, -0.2) is 25.1 Å². The van der Waals surface area contributed by atoms with E-state index in [1.165, 1.54) is 40.4 Å². The lowest BCUT2D eigenvalue weighted by molar-refractivity contribution is -0.123. The fraction of sp³-hybridized carbons (Fsp3) is 0.440. The van der Waals surface area contributed by atoms with Gasteiger partial charge in [-0.3, -0.25) is 9.59 Å². The Labute approximate surface area is 223 Å². The number of rotatable bonds is 9. The van der Waals surface area contributed by atoms with Gasteiger partial charge in [0.15, 0.2) is 0 Å². The van der Waals surface area contributed by atoms with Crippen LogP contribution in [0.3, 0.4) is 0 Å². The van der Waals surface area contributed by atoms with Gasteiger partial charge < -0.3 is 10.6 Å². The van der Waals surface area contributed by atoms with Crippen LogP contribution in [-0.4, -0.2) is 52.4 Å². The highest BCUT2D eigenvalue weighted by Crippen LogP contribution is 2.39. The summed E-state index contributed by atoms with van der Waals surface area (Å²) in [6, 6.07) is 7.76. The van der Waals surface area contributed by atoms with Gasteiger partial charge in [0, 0.05) is 31.1 Å². The van der Waals surface area contributed by atoms with Crippen LogP contribution >= 0.6 is 11.8 Å². The van der Waals surface area contributed by atoms with Gasteiger partial charge in [0.05, 0.1) is 5.69 Å². The summed E-state index contributed by atoms with van der Waals surface area (Å²) in [7, 11) is 1.59. The summed E-state index contributed by atoms with van der Waals surface area (Å²) in [5, 5.41) is 1.30. The van der Waals surface area contributed by atoms with E-state index in [1.54, 1.807) is 33.0 Å². The van der Waals surface area contributed by atoms with E-state index in [0.29, 0.717) is 17.9 Å². The average molecular weight is 553 g/mol. The molecule has 2 heterocycles. The number of alkyl halides is 3. The van der Waals surface area contributed by atoms with Crippen molar-refractivity contribution in [2.75, 3.05) is 23.5 Å². The molecule has 1 aromatic carbocycles. The quantitative estimate of drug-likeness (QED) is 0.271. The van der Waals surface area contributed by atoms with Gasteiger partial charge in [-0.2, -0.15) is 13.2 Å². The molecule has 0 spiro atoms. The van der Waals surface area contributed by atoms with Gasteiger partial charge in [-0.15, -0.1) is 0 Å². The van der Waals surface area contributed by atoms with Crippen LogP contribution < -0.4 is 21.1 Å². The number of imide groups is 1. The van der Waals surface area contributed by atoms with Crippen LogP contribution in [0.15, 0.2) is 47.5 Å². The first-order valence-electron chi connectivity index (χ1n) is 11.8. The number of carbonyl (C=O) groups is 3. The number of nitrogens with zero attached hydrogens (tertiary/aromatic N) is 4. The second kappa shape index (κ2) is 10.9. The third-order valence-corrected chi connectivity index (χ3v) is 6.93. The molecule has 1 aromatic heterocycles. The molecular weight excluding hydrogens is 521 g/mol. The van der Waals surface area contributed by atoms with Crippen LogP contribution in [0.4, 0.5) is 29.5 Å². The molecule has 1 aliphatic rings. The second-order valence-corrected chi connectivity index (χ2v) is 11.3. The van der Waals surface area contributed by atoms with E-state index in [1.807, 2.05) is 13.8 Å². The van der Waals surface area contributed by atoms with E-state index in [0.717, 1.165) is 4.90 Å². The number of pyridine rings is 1. The highest BCUT2D eigenvalue weighted by Gasteiger charge is 2.51. The fourth-order valence-corrected chi connectivity index (χ4v) is 4.46. The van der Waals surface area contributed by atoms with Crippen molar-refractivity contribution < 1.29 is 27.6 Å². The van der Waals surface area contributed by atoms with Crippen LogP contribution in [0.25, 0.3) is 0 Å². The van der Waals surface area contributed by atoms with E-state index in [2.05, 4.69) is 10.4 Å². The lowest BCUT2D eigenvalue weighted by atomic mass is 9.89. The van der Waals surface area contributed by atoms with Crippen LogP contribution in [0.2, 0.25) is 0 Å². The highest BCUT2D eigenvalue weighted by molar-refractivity contribution is 8.00. The number of anilines is 2. The minimum Gasteiger partial charge on any atom is -0.330 e. The summed E-state index contributed by atoms with van der Waals surface area (Å²) >= 11 is -0.277. The maximum absolute atomic E-state index is 13.4. The average Bonchev–Trinajstić information content (AvgIpc) is 2.98. The van der Waals surface area contributed by atoms with E-state index >= 15 is 0 Å². The van der Waals surface area contributed by atoms with E-state index in [-0.39, 0.29) is 41.2 Å². The van der Waals surface area contributed by atoms with Gasteiger partial charge in [0.25, 0.3) is 5.91 Å². The highest BCUT2D eigenvalue weighted by atomic mass is 32.2. The predicted octanol–water partition coefficient (Wildman–Crippen LogP) is 4.28. The minimum atomic E-state index is -4.45. The summed E-state index contributed by atoms with van der Waals surface area (Å²) < 4.78 is 38.0. The standard InChI is InChI=1S/C25H31F3N6O3S/c1-23(2,15-29)13-20(35)34(30-5)19-12-16(10-11-31-19)14-32-22(37)33(21(36)24(32,3)4)17-6-8-18(9-7-17)38-25(26,27)28/h6-12,30H,13-15,29H2,1-5H3. The zero-order chi connectivity index (χ0) is 28.5. The Bertz CT molecular complexity index is 1200. The first-order chi connectivity index (χ1) is 17.6. The van der Waals surface area contributed by atoms with Crippen LogP contribution in [-0.2, 0) is 16.1 Å². The van der Waals surface area contributed by atoms with Crippen LogP contribution in [0, 0.1) is 5.41 Å². The number of urea groups is 1. The third-order valence-electron chi connectivity index (χ3n) is 6.19. The molecule has 13 heteroatoms. The number of hydrogen-bond acceptors (Lipinski definition) is 7. The second-order valence-electron chi connectivity index (χ2n) is 10.1. The number of aromatic nitrogens is 1. The fourth-order valence-electron chi connectivity index (χ4n) is 3.92. The molecule has 1 fully saturated rings. The molecule has 1 saturated heterocycles. The van der Waals surface area contributed by atoms with E-state index < -0.39 is 28.4 Å². The van der Waals surface area contributed by atoms with Crippen molar-refractivity contribution in [2.24, 2.45) is 11.1 Å². The molecule has 0 radical (unpaired) electrons. The number of halogens is 3. The van der Waals surface area contributed by atoms with Crippen molar-refractivity contribution >= 4 is 41.1 Å². The Morgan fingerprint density at radius 3 is 2.34 bits per heavy atom. The summed E-state index contributed by atoms with van der Waals surface area (Å²) in [5.74, 6) is -0.434. The minimum absolute atomic E-state index is 0.0334. The molecule has 0 atom stereocenters. The molecule has 0 unspecified atom stereocenters. The Balaban J connectivity index is 1.83. The van der Waals surface area contributed by atoms with Gasteiger partial charge >= 0.3 is 11.5 Å². The predicted molar refractivity (Wildman–Crippen MR) is 139 cm³/mol. The van der Waals surface area contributed by atoms with E-state index in [9.17, 15) is 27.6 Å². The summed E-state index contributed by atoms with van der Waals surface area (Å²) in [6.45, 7) is 7.32. The smallest absolute Gasteiger partial charge is 0.330 e. The molecule has 38 heavy (non-hydrogen) atoms. The molecule has 3 N–H and O–H groups in total. The van der Waals surface area contributed by atoms with Gasteiger partial charge in [-0.05, 0) is 79.5 Å². The third kappa shape index (κ3) is 6.45. The molecule has 9 nitrogen and oxygen atoms in total. The molecule has 0 bridgehead atoms. The summed E-state index contributed by atoms with van der Waals surface area (Å²) in [4.78, 5) is 46.0. The largest absolute Gasteiger partial charge is 0.446 e. The number of benzene rings is 1. The first-order valence-corrected chi connectivity index (χ1v) is 12.6. The Morgan fingerprint density at radius 2 is 1.79 bits per heavy atom. The van der Waals surface area contributed by atoms with Gasteiger partial charge in [0.2, 0.25) is 5.91 Å². The van der Waals surface area contributed by atoms with Crippen molar-refractivity contribution in [3.8, 4) is 0 Å². The molecule has 4 amide bonds. The van der Waals surface area contributed by atoms with Crippen molar-refractivity contribution in [3.63, 3.8) is 0 Å². The molecule has 1 aliphatic heterocycles. The summed E-state index contributed by atoms with van der Waals surface area (Å²) in [5.41, 5.74) is 3.29. The number of nitrogens with two attached hydrogens (primary N) is 1. The number of nitrogens with one attached hydrogen (secondary N) is 1. The lowest BCUT2D eigenvalue weighted by Gasteiger charge is -2.29. The maximum Gasteiger partial charge on any atom is 0.446 e. The number of amides is 4. The number of thioether (sulfide) groups is 1. The van der Waals surface area contributed by atoms with E-state index in [4.69, 9.17) is 5.73 Å². The SMILES string of the molecule is CNN(C(=O)CC(C)(C)CN)c1cc(CN2C(=O)N(c3ccc(SC(F)(F)F)cc3)C(=O)C2(C)C)ccn1.